The molecule has 0 unspecified atom stereocenters. The lowest BCUT2D eigenvalue weighted by molar-refractivity contribution is -0.135. The summed E-state index contributed by atoms with van der Waals surface area (Å²) in [6.07, 6.45) is 1.57. The third kappa shape index (κ3) is 3.50. The van der Waals surface area contributed by atoms with Gasteiger partial charge in [-0.05, 0) is 41.3 Å². The SMILES string of the molecule is Cc1ccc([C@@H]2c3ccsc3CCN2C(=O)CC(C)(C)C)cc1. The van der Waals surface area contributed by atoms with E-state index < -0.39 is 0 Å². The lowest BCUT2D eigenvalue weighted by Crippen LogP contribution is -2.41. The van der Waals surface area contributed by atoms with Crippen LogP contribution in [0.25, 0.3) is 0 Å². The van der Waals surface area contributed by atoms with Crippen LogP contribution in [0.4, 0.5) is 0 Å². The van der Waals surface area contributed by atoms with Crippen LogP contribution in [0.1, 0.15) is 54.8 Å². The number of carbonyl (C=O) groups excluding carboxylic acids is 1. The van der Waals surface area contributed by atoms with Crippen LogP contribution < -0.4 is 0 Å². The molecule has 0 N–H and O–H groups in total. The Labute approximate surface area is 143 Å². The zero-order valence-electron chi connectivity index (χ0n) is 14.4. The van der Waals surface area contributed by atoms with Crippen molar-refractivity contribution >= 4 is 17.2 Å². The van der Waals surface area contributed by atoms with E-state index in [4.69, 9.17) is 0 Å². The molecule has 1 atom stereocenters. The number of fused-ring (bicyclic) bond motifs is 1. The lowest BCUT2D eigenvalue weighted by Gasteiger charge is -2.37. The van der Waals surface area contributed by atoms with Gasteiger partial charge < -0.3 is 4.90 Å². The monoisotopic (exact) mass is 327 g/mol. The van der Waals surface area contributed by atoms with Crippen molar-refractivity contribution in [3.05, 3.63) is 57.3 Å². The molecule has 0 spiro atoms. The first-order valence-electron chi connectivity index (χ1n) is 8.27. The minimum absolute atomic E-state index is 0.0177. The normalized spacial score (nSPS) is 17.9. The quantitative estimate of drug-likeness (QED) is 0.763. The number of aryl methyl sites for hydroxylation is 1. The van der Waals surface area contributed by atoms with Crippen molar-refractivity contribution in [1.82, 2.24) is 4.90 Å². The summed E-state index contributed by atoms with van der Waals surface area (Å²) < 4.78 is 0. The second kappa shape index (κ2) is 6.12. The third-order valence-electron chi connectivity index (χ3n) is 4.36. The van der Waals surface area contributed by atoms with Crippen molar-refractivity contribution in [2.75, 3.05) is 6.54 Å². The summed E-state index contributed by atoms with van der Waals surface area (Å²) in [5, 5.41) is 2.16. The van der Waals surface area contributed by atoms with E-state index in [-0.39, 0.29) is 17.4 Å². The van der Waals surface area contributed by atoms with Gasteiger partial charge in [-0.15, -0.1) is 11.3 Å². The van der Waals surface area contributed by atoms with E-state index in [1.165, 1.54) is 21.6 Å². The van der Waals surface area contributed by atoms with Gasteiger partial charge in [-0.25, -0.2) is 0 Å². The van der Waals surface area contributed by atoms with Gasteiger partial charge in [0.05, 0.1) is 6.04 Å². The van der Waals surface area contributed by atoms with Crippen molar-refractivity contribution in [2.45, 2.75) is 46.6 Å². The molecule has 1 aromatic carbocycles. The maximum atomic E-state index is 12.9. The van der Waals surface area contributed by atoms with Gasteiger partial charge in [0.15, 0.2) is 0 Å². The van der Waals surface area contributed by atoms with Gasteiger partial charge in [-0.1, -0.05) is 50.6 Å². The Morgan fingerprint density at radius 2 is 1.91 bits per heavy atom. The molecule has 122 valence electrons. The van der Waals surface area contributed by atoms with Gasteiger partial charge in [-0.2, -0.15) is 0 Å². The molecule has 3 rings (SSSR count). The smallest absolute Gasteiger partial charge is 0.223 e. The highest BCUT2D eigenvalue weighted by Crippen LogP contribution is 2.39. The molecule has 2 nitrogen and oxygen atoms in total. The van der Waals surface area contributed by atoms with Crippen LogP contribution in [0.5, 0.6) is 0 Å². The summed E-state index contributed by atoms with van der Waals surface area (Å²) in [5.41, 5.74) is 3.80. The predicted molar refractivity (Wildman–Crippen MR) is 96.8 cm³/mol. The minimum Gasteiger partial charge on any atom is -0.331 e. The average molecular weight is 327 g/mol. The van der Waals surface area contributed by atoms with Gasteiger partial charge in [-0.3, -0.25) is 4.79 Å². The first kappa shape index (κ1) is 16.3. The number of hydrogen-bond donors (Lipinski definition) is 0. The largest absolute Gasteiger partial charge is 0.331 e. The summed E-state index contributed by atoms with van der Waals surface area (Å²) in [6, 6.07) is 10.9. The number of carbonyl (C=O) groups is 1. The molecule has 1 aliphatic rings. The fourth-order valence-corrected chi connectivity index (χ4v) is 4.15. The highest BCUT2D eigenvalue weighted by molar-refractivity contribution is 7.10. The van der Waals surface area contributed by atoms with Gasteiger partial charge >= 0.3 is 0 Å². The molecule has 23 heavy (non-hydrogen) atoms. The van der Waals surface area contributed by atoms with Crippen LogP contribution in [0.2, 0.25) is 0 Å². The Morgan fingerprint density at radius 3 is 2.57 bits per heavy atom. The Kier molecular flexibility index (Phi) is 4.33. The van der Waals surface area contributed by atoms with Crippen molar-refractivity contribution < 1.29 is 4.79 Å². The number of amides is 1. The van der Waals surface area contributed by atoms with Crippen molar-refractivity contribution in [2.24, 2.45) is 5.41 Å². The maximum Gasteiger partial charge on any atom is 0.223 e. The first-order valence-corrected chi connectivity index (χ1v) is 9.15. The summed E-state index contributed by atoms with van der Waals surface area (Å²) >= 11 is 1.82. The van der Waals surface area contributed by atoms with E-state index in [1.807, 2.05) is 11.3 Å². The fraction of sp³-hybridized carbons (Fsp3) is 0.450. The van der Waals surface area contributed by atoms with Crippen LogP contribution in [0.3, 0.4) is 0 Å². The summed E-state index contributed by atoms with van der Waals surface area (Å²) in [7, 11) is 0. The van der Waals surface area contributed by atoms with Crippen LogP contribution in [0.15, 0.2) is 35.7 Å². The van der Waals surface area contributed by atoms with E-state index in [9.17, 15) is 4.79 Å². The number of rotatable bonds is 2. The Hall–Kier alpha value is -1.61. The average Bonchev–Trinajstić information content (AvgIpc) is 2.93. The highest BCUT2D eigenvalue weighted by atomic mass is 32.1. The van der Waals surface area contributed by atoms with E-state index in [1.54, 1.807) is 0 Å². The highest BCUT2D eigenvalue weighted by Gasteiger charge is 2.33. The zero-order chi connectivity index (χ0) is 16.6. The van der Waals surface area contributed by atoms with E-state index >= 15 is 0 Å². The number of nitrogens with zero attached hydrogens (tertiary/aromatic N) is 1. The fourth-order valence-electron chi connectivity index (χ4n) is 3.25. The second-order valence-corrected chi connectivity index (χ2v) is 8.69. The number of hydrogen-bond acceptors (Lipinski definition) is 2. The molecule has 3 heteroatoms. The minimum atomic E-state index is 0.0177. The third-order valence-corrected chi connectivity index (χ3v) is 5.36. The Bertz CT molecular complexity index is 693. The molecular formula is C20H25NOS. The van der Waals surface area contributed by atoms with Crippen LogP contribution in [-0.2, 0) is 11.2 Å². The molecule has 2 aromatic rings. The topological polar surface area (TPSA) is 20.3 Å². The zero-order valence-corrected chi connectivity index (χ0v) is 15.2. The van der Waals surface area contributed by atoms with Gasteiger partial charge in [0.25, 0.3) is 0 Å². The van der Waals surface area contributed by atoms with Crippen LogP contribution >= 0.6 is 11.3 Å². The van der Waals surface area contributed by atoms with Crippen LogP contribution in [0, 0.1) is 12.3 Å². The lowest BCUT2D eigenvalue weighted by atomic mass is 9.88. The van der Waals surface area contributed by atoms with Gasteiger partial charge in [0.2, 0.25) is 5.91 Å². The molecule has 1 amide bonds. The Morgan fingerprint density at radius 1 is 1.22 bits per heavy atom. The number of thiophene rings is 1. The van der Waals surface area contributed by atoms with Gasteiger partial charge in [0, 0.05) is 17.8 Å². The molecule has 0 saturated heterocycles. The molecule has 1 aromatic heterocycles. The van der Waals surface area contributed by atoms with Crippen molar-refractivity contribution in [3.63, 3.8) is 0 Å². The van der Waals surface area contributed by atoms with Crippen molar-refractivity contribution in [3.8, 4) is 0 Å². The molecular weight excluding hydrogens is 302 g/mol. The molecule has 0 saturated carbocycles. The first-order chi connectivity index (χ1) is 10.8. The Balaban J connectivity index is 1.98. The number of benzene rings is 1. The van der Waals surface area contributed by atoms with Crippen LogP contribution in [-0.4, -0.2) is 17.4 Å². The summed E-state index contributed by atoms with van der Waals surface area (Å²) in [4.78, 5) is 16.4. The predicted octanol–water partition coefficient (Wildman–Crippen LogP) is 4.97. The molecule has 0 fully saturated rings. The maximum absolute atomic E-state index is 12.9. The second-order valence-electron chi connectivity index (χ2n) is 7.69. The molecule has 2 heterocycles. The summed E-state index contributed by atoms with van der Waals surface area (Å²) in [6.45, 7) is 9.31. The van der Waals surface area contributed by atoms with E-state index in [0.717, 1.165) is 13.0 Å². The summed E-state index contributed by atoms with van der Waals surface area (Å²) in [5.74, 6) is 0.264. The van der Waals surface area contributed by atoms with E-state index in [2.05, 4.69) is 68.3 Å². The van der Waals surface area contributed by atoms with Crippen molar-refractivity contribution in [1.29, 1.82) is 0 Å². The standard InChI is InChI=1S/C20H25NOS/c1-14-5-7-15(8-6-14)19-16-10-12-23-17(16)9-11-21(19)18(22)13-20(2,3)4/h5-8,10,12,19H,9,11,13H2,1-4H3/t19-/m1/s1. The molecule has 0 radical (unpaired) electrons. The molecule has 0 bridgehead atoms. The van der Waals surface area contributed by atoms with Gasteiger partial charge in [0.1, 0.15) is 0 Å². The molecule has 0 aliphatic carbocycles. The van der Waals surface area contributed by atoms with E-state index in [0.29, 0.717) is 6.42 Å². The molecule has 1 aliphatic heterocycles.